The van der Waals surface area contributed by atoms with Crippen LogP contribution >= 0.6 is 22.7 Å². The van der Waals surface area contributed by atoms with Crippen LogP contribution < -0.4 is 10.6 Å². The summed E-state index contributed by atoms with van der Waals surface area (Å²) in [7, 11) is 1.73. The van der Waals surface area contributed by atoms with E-state index < -0.39 is 0 Å². The van der Waals surface area contributed by atoms with E-state index in [0.29, 0.717) is 22.8 Å². The van der Waals surface area contributed by atoms with Crippen molar-refractivity contribution in [2.24, 2.45) is 0 Å². The number of thiophene rings is 1. The van der Waals surface area contributed by atoms with Gasteiger partial charge in [0.1, 0.15) is 0 Å². The number of aromatic nitrogens is 1. The molecule has 2 heterocycles. The summed E-state index contributed by atoms with van der Waals surface area (Å²) in [5, 5.41) is 8.50. The first kappa shape index (κ1) is 18.1. The molecular formula is C18H18N4O2S2. The number of hydrogen-bond donors (Lipinski definition) is 2. The number of carbonyl (C=O) groups is 2. The first-order valence-electron chi connectivity index (χ1n) is 7.89. The third-order valence-electron chi connectivity index (χ3n) is 3.53. The Morgan fingerprint density at radius 2 is 1.92 bits per heavy atom. The van der Waals surface area contributed by atoms with E-state index in [1.165, 1.54) is 11.3 Å². The molecule has 0 saturated carbocycles. The van der Waals surface area contributed by atoms with Gasteiger partial charge in [-0.05, 0) is 36.6 Å². The smallest absolute Gasteiger partial charge is 0.321 e. The number of nitrogens with one attached hydrogen (secondary N) is 2. The van der Waals surface area contributed by atoms with Gasteiger partial charge in [0.2, 0.25) is 0 Å². The lowest BCUT2D eigenvalue weighted by Gasteiger charge is -2.17. The Labute approximate surface area is 159 Å². The highest BCUT2D eigenvalue weighted by atomic mass is 32.1. The molecule has 0 radical (unpaired) electrons. The molecule has 134 valence electrons. The summed E-state index contributed by atoms with van der Waals surface area (Å²) in [6, 6.07) is 10.4. The number of rotatable bonds is 5. The van der Waals surface area contributed by atoms with Crippen LogP contribution in [-0.2, 0) is 6.54 Å². The molecule has 3 amide bonds. The van der Waals surface area contributed by atoms with Gasteiger partial charge in [-0.1, -0.05) is 12.1 Å². The zero-order valence-electron chi connectivity index (χ0n) is 14.4. The largest absolute Gasteiger partial charge is 0.322 e. The first-order chi connectivity index (χ1) is 12.5. The van der Waals surface area contributed by atoms with Gasteiger partial charge >= 0.3 is 6.03 Å². The van der Waals surface area contributed by atoms with E-state index in [-0.39, 0.29) is 11.9 Å². The van der Waals surface area contributed by atoms with Crippen LogP contribution in [0.5, 0.6) is 0 Å². The van der Waals surface area contributed by atoms with Crippen molar-refractivity contribution in [1.82, 2.24) is 9.88 Å². The summed E-state index contributed by atoms with van der Waals surface area (Å²) in [6.07, 6.45) is 1.78. The van der Waals surface area contributed by atoms with E-state index in [9.17, 15) is 9.59 Å². The van der Waals surface area contributed by atoms with Crippen LogP contribution in [0.3, 0.4) is 0 Å². The summed E-state index contributed by atoms with van der Waals surface area (Å²) < 4.78 is 0. The Morgan fingerprint density at radius 3 is 2.58 bits per heavy atom. The minimum Gasteiger partial charge on any atom is -0.322 e. The number of carbonyl (C=O) groups excluding carboxylic acids is 2. The lowest BCUT2D eigenvalue weighted by molar-refractivity contribution is 0.103. The van der Waals surface area contributed by atoms with E-state index in [0.717, 1.165) is 9.88 Å². The number of benzene rings is 1. The second kappa shape index (κ2) is 8.11. The zero-order chi connectivity index (χ0) is 18.5. The van der Waals surface area contributed by atoms with Gasteiger partial charge in [0.25, 0.3) is 5.91 Å². The van der Waals surface area contributed by atoms with Crippen LogP contribution in [0.2, 0.25) is 0 Å². The van der Waals surface area contributed by atoms with Crippen LogP contribution in [0.25, 0.3) is 0 Å². The molecule has 0 aliphatic heterocycles. The lowest BCUT2D eigenvalue weighted by Crippen LogP contribution is -2.30. The Morgan fingerprint density at radius 1 is 1.15 bits per heavy atom. The topological polar surface area (TPSA) is 74.3 Å². The van der Waals surface area contributed by atoms with Crippen molar-refractivity contribution in [2.45, 2.75) is 13.5 Å². The molecule has 0 spiro atoms. The quantitative estimate of drug-likeness (QED) is 0.681. The second-order valence-corrected chi connectivity index (χ2v) is 7.91. The van der Waals surface area contributed by atoms with Crippen LogP contribution in [0.1, 0.15) is 19.6 Å². The molecule has 1 aromatic carbocycles. The highest BCUT2D eigenvalue weighted by Crippen LogP contribution is 2.19. The second-order valence-electron chi connectivity index (χ2n) is 5.64. The van der Waals surface area contributed by atoms with Crippen molar-refractivity contribution >= 4 is 46.0 Å². The Balaban J connectivity index is 1.60. The third kappa shape index (κ3) is 4.68. The average molecular weight is 387 g/mol. The Kier molecular flexibility index (Phi) is 5.65. The average Bonchev–Trinajstić information content (AvgIpc) is 3.27. The number of thiazole rings is 1. The van der Waals surface area contributed by atoms with Gasteiger partial charge < -0.3 is 15.5 Å². The molecule has 0 aliphatic rings. The fourth-order valence-corrected chi connectivity index (χ4v) is 3.75. The third-order valence-corrected chi connectivity index (χ3v) is 5.29. The summed E-state index contributed by atoms with van der Waals surface area (Å²) in [6.45, 7) is 2.43. The summed E-state index contributed by atoms with van der Waals surface area (Å²) in [5.41, 5.74) is 1.24. The number of nitrogens with zero attached hydrogens (tertiary/aromatic N) is 2. The predicted molar refractivity (Wildman–Crippen MR) is 106 cm³/mol. The van der Waals surface area contributed by atoms with Crippen molar-refractivity contribution in [3.8, 4) is 0 Å². The molecule has 2 N–H and O–H groups in total. The van der Waals surface area contributed by atoms with Crippen molar-refractivity contribution in [1.29, 1.82) is 0 Å². The van der Waals surface area contributed by atoms with Gasteiger partial charge in [0.15, 0.2) is 0 Å². The molecule has 0 aliphatic carbocycles. The highest BCUT2D eigenvalue weighted by Gasteiger charge is 2.12. The van der Waals surface area contributed by atoms with Crippen molar-refractivity contribution < 1.29 is 9.59 Å². The lowest BCUT2D eigenvalue weighted by atomic mass is 10.2. The van der Waals surface area contributed by atoms with Gasteiger partial charge in [-0.15, -0.1) is 22.7 Å². The molecule has 26 heavy (non-hydrogen) atoms. The minimum atomic E-state index is -0.224. The Bertz CT molecular complexity index is 906. The van der Waals surface area contributed by atoms with Gasteiger partial charge in [0.05, 0.1) is 16.4 Å². The molecule has 3 aromatic rings. The SMILES string of the molecule is Cc1ncc(CN(C)C(=O)Nc2cccc(NC(=O)c3cccs3)c2)s1. The highest BCUT2D eigenvalue weighted by molar-refractivity contribution is 7.12. The maximum Gasteiger partial charge on any atom is 0.321 e. The van der Waals surface area contributed by atoms with Gasteiger partial charge in [-0.3, -0.25) is 4.79 Å². The summed E-state index contributed by atoms with van der Waals surface area (Å²) >= 11 is 2.95. The summed E-state index contributed by atoms with van der Waals surface area (Å²) in [5.74, 6) is -0.166. The van der Waals surface area contributed by atoms with E-state index >= 15 is 0 Å². The van der Waals surface area contributed by atoms with Crippen LogP contribution in [0.15, 0.2) is 48.0 Å². The van der Waals surface area contributed by atoms with Crippen molar-refractivity contribution in [3.63, 3.8) is 0 Å². The first-order valence-corrected chi connectivity index (χ1v) is 9.59. The number of hydrogen-bond acceptors (Lipinski definition) is 5. The monoisotopic (exact) mass is 386 g/mol. The van der Waals surface area contributed by atoms with E-state index in [1.807, 2.05) is 18.4 Å². The van der Waals surface area contributed by atoms with Crippen molar-refractivity contribution in [2.75, 3.05) is 17.7 Å². The number of amides is 3. The molecular weight excluding hydrogens is 368 g/mol. The number of aryl methyl sites for hydroxylation is 1. The molecule has 0 unspecified atom stereocenters. The maximum atomic E-state index is 12.4. The van der Waals surface area contributed by atoms with Gasteiger partial charge in [-0.25, -0.2) is 9.78 Å². The number of urea groups is 1. The maximum absolute atomic E-state index is 12.4. The molecule has 8 heteroatoms. The molecule has 0 bridgehead atoms. The molecule has 0 atom stereocenters. The molecule has 0 saturated heterocycles. The standard InChI is InChI=1S/C18H18N4O2S2/c1-12-19-10-15(26-12)11-22(2)18(24)21-14-6-3-5-13(9-14)20-17(23)16-7-4-8-25-16/h3-10H,11H2,1-2H3,(H,20,23)(H,21,24). The van der Waals surface area contributed by atoms with E-state index in [1.54, 1.807) is 59.8 Å². The van der Waals surface area contributed by atoms with Crippen LogP contribution in [0, 0.1) is 6.92 Å². The predicted octanol–water partition coefficient (Wildman–Crippen LogP) is 4.43. The fourth-order valence-electron chi connectivity index (χ4n) is 2.28. The minimum absolute atomic E-state index is 0.166. The molecule has 3 rings (SSSR count). The van der Waals surface area contributed by atoms with Crippen LogP contribution in [-0.4, -0.2) is 28.9 Å². The van der Waals surface area contributed by atoms with Crippen molar-refractivity contribution in [3.05, 3.63) is 62.7 Å². The van der Waals surface area contributed by atoms with Gasteiger partial charge in [-0.2, -0.15) is 0 Å². The number of anilines is 2. The summed E-state index contributed by atoms with van der Waals surface area (Å²) in [4.78, 5) is 31.9. The van der Waals surface area contributed by atoms with Crippen LogP contribution in [0.4, 0.5) is 16.2 Å². The molecule has 0 fully saturated rings. The Hall–Kier alpha value is -2.71. The normalized spacial score (nSPS) is 10.4. The van der Waals surface area contributed by atoms with E-state index in [4.69, 9.17) is 0 Å². The van der Waals surface area contributed by atoms with Gasteiger partial charge in [0, 0.05) is 29.5 Å². The fraction of sp³-hybridized carbons (Fsp3) is 0.167. The molecule has 6 nitrogen and oxygen atoms in total. The molecule has 2 aromatic heterocycles. The van der Waals surface area contributed by atoms with E-state index in [2.05, 4.69) is 15.6 Å². The zero-order valence-corrected chi connectivity index (χ0v) is 16.0.